The lowest BCUT2D eigenvalue weighted by molar-refractivity contribution is 0.443. The Bertz CT molecular complexity index is 359. The van der Waals surface area contributed by atoms with Gasteiger partial charge in [0.05, 0.1) is 2.88 Å². The maximum Gasteiger partial charge on any atom is 0.0659 e. The van der Waals surface area contributed by atoms with Crippen molar-refractivity contribution in [3.8, 4) is 0 Å². The number of nitrogens with one attached hydrogen (secondary N) is 1. The minimum atomic E-state index is 0.401. The molecule has 1 aromatic heterocycles. The van der Waals surface area contributed by atoms with Crippen LogP contribution in [0.5, 0.6) is 0 Å². The lowest BCUT2D eigenvalue weighted by Gasteiger charge is -2.25. The summed E-state index contributed by atoms with van der Waals surface area (Å²) in [5.41, 5.74) is 1.53. The molecule has 1 aromatic rings. The summed E-state index contributed by atoms with van der Waals surface area (Å²) in [5, 5.41) is 3.62. The van der Waals surface area contributed by atoms with Gasteiger partial charge in [-0.15, -0.1) is 17.9 Å². The molecule has 0 aromatic carbocycles. The normalized spacial score (nSPS) is 22.1. The van der Waals surface area contributed by atoms with E-state index in [4.69, 9.17) is 0 Å². The molecule has 0 fully saturated rings. The second-order valence-electron chi connectivity index (χ2n) is 4.06. The molecule has 1 N–H and O–H groups in total. The maximum absolute atomic E-state index is 3.83. The largest absolute Gasteiger partial charge is 0.304 e. The van der Waals surface area contributed by atoms with Crippen LogP contribution >= 0.6 is 33.9 Å². The Morgan fingerprint density at radius 3 is 3.27 bits per heavy atom. The van der Waals surface area contributed by atoms with Gasteiger partial charge in [-0.3, -0.25) is 0 Å². The van der Waals surface area contributed by atoms with Crippen LogP contribution in [0.4, 0.5) is 0 Å². The molecule has 1 aliphatic carbocycles. The molecule has 15 heavy (non-hydrogen) atoms. The number of hydrogen-bond donors (Lipinski definition) is 1. The first-order chi connectivity index (χ1) is 7.20. The molecule has 2 rings (SSSR count). The third kappa shape index (κ3) is 2.63. The first kappa shape index (κ1) is 11.6. The zero-order valence-corrected chi connectivity index (χ0v) is 11.9. The Labute approximate surface area is 109 Å². The predicted molar refractivity (Wildman–Crippen MR) is 75.5 cm³/mol. The molecule has 0 amide bonds. The monoisotopic (exact) mass is 333 g/mol. The molecule has 0 radical (unpaired) electrons. The lowest BCUT2D eigenvalue weighted by Crippen LogP contribution is -2.30. The number of aryl methyl sites for hydroxylation is 1. The van der Waals surface area contributed by atoms with Gasteiger partial charge in [-0.05, 0) is 60.4 Å². The van der Waals surface area contributed by atoms with Crippen LogP contribution in [0.2, 0.25) is 0 Å². The van der Waals surface area contributed by atoms with Crippen molar-refractivity contribution in [2.24, 2.45) is 0 Å². The standard InChI is InChI=1S/C12H16INS/c1-3-8(2)14-10-5-4-6-11-9(10)7-12(13)15-11/h3,7-8,10,14H,1,4-6H2,2H3. The Kier molecular flexibility index (Phi) is 3.85. The van der Waals surface area contributed by atoms with Crippen LogP contribution in [-0.4, -0.2) is 6.04 Å². The van der Waals surface area contributed by atoms with Gasteiger partial charge in [0, 0.05) is 17.0 Å². The van der Waals surface area contributed by atoms with Crippen LogP contribution in [0.1, 0.15) is 36.2 Å². The molecule has 0 spiro atoms. The van der Waals surface area contributed by atoms with Gasteiger partial charge in [0.2, 0.25) is 0 Å². The SMILES string of the molecule is C=CC(C)NC1CCCc2sc(I)cc21. The van der Waals surface area contributed by atoms with E-state index < -0.39 is 0 Å². The molecule has 3 heteroatoms. The summed E-state index contributed by atoms with van der Waals surface area (Å²) in [6.45, 7) is 5.99. The summed E-state index contributed by atoms with van der Waals surface area (Å²) in [7, 11) is 0. The van der Waals surface area contributed by atoms with Gasteiger partial charge in [0.25, 0.3) is 0 Å². The van der Waals surface area contributed by atoms with Gasteiger partial charge in [-0.1, -0.05) is 6.08 Å². The van der Waals surface area contributed by atoms with E-state index in [0.717, 1.165) is 0 Å². The first-order valence-electron chi connectivity index (χ1n) is 5.37. The fraction of sp³-hybridized carbons (Fsp3) is 0.500. The van der Waals surface area contributed by atoms with Crippen LogP contribution in [-0.2, 0) is 6.42 Å². The van der Waals surface area contributed by atoms with Gasteiger partial charge >= 0.3 is 0 Å². The second-order valence-corrected chi connectivity index (χ2v) is 7.10. The van der Waals surface area contributed by atoms with Crippen molar-refractivity contribution in [3.05, 3.63) is 32.0 Å². The highest BCUT2D eigenvalue weighted by atomic mass is 127. The summed E-state index contributed by atoms with van der Waals surface area (Å²) in [5.74, 6) is 0. The molecular formula is C12H16INS. The van der Waals surface area contributed by atoms with Gasteiger partial charge in [0.15, 0.2) is 0 Å². The molecule has 1 aliphatic rings. The van der Waals surface area contributed by atoms with E-state index in [1.165, 1.54) is 27.7 Å². The van der Waals surface area contributed by atoms with Crippen LogP contribution < -0.4 is 5.32 Å². The molecular weight excluding hydrogens is 317 g/mol. The average molecular weight is 333 g/mol. The Balaban J connectivity index is 2.18. The quantitative estimate of drug-likeness (QED) is 0.654. The molecule has 82 valence electrons. The van der Waals surface area contributed by atoms with Gasteiger partial charge < -0.3 is 5.32 Å². The molecule has 1 nitrogen and oxygen atoms in total. The molecule has 2 unspecified atom stereocenters. The topological polar surface area (TPSA) is 12.0 Å². The van der Waals surface area contributed by atoms with Crippen LogP contribution in [0, 0.1) is 2.88 Å². The minimum absolute atomic E-state index is 0.401. The molecule has 1 heterocycles. The highest BCUT2D eigenvalue weighted by Crippen LogP contribution is 2.36. The van der Waals surface area contributed by atoms with E-state index in [9.17, 15) is 0 Å². The van der Waals surface area contributed by atoms with Crippen molar-refractivity contribution in [2.45, 2.75) is 38.3 Å². The van der Waals surface area contributed by atoms with Crippen molar-refractivity contribution in [3.63, 3.8) is 0 Å². The fourth-order valence-electron chi connectivity index (χ4n) is 2.08. The Morgan fingerprint density at radius 2 is 2.53 bits per heavy atom. The summed E-state index contributed by atoms with van der Waals surface area (Å²) in [6.07, 6.45) is 5.82. The van der Waals surface area contributed by atoms with E-state index in [-0.39, 0.29) is 0 Å². The minimum Gasteiger partial charge on any atom is -0.304 e. The molecule has 0 bridgehead atoms. The maximum atomic E-state index is 3.83. The zero-order chi connectivity index (χ0) is 10.8. The van der Waals surface area contributed by atoms with Crippen LogP contribution in [0.3, 0.4) is 0 Å². The van der Waals surface area contributed by atoms with E-state index in [2.05, 4.69) is 47.5 Å². The number of rotatable bonds is 3. The Morgan fingerprint density at radius 1 is 1.73 bits per heavy atom. The average Bonchev–Trinajstić information content (AvgIpc) is 2.59. The smallest absolute Gasteiger partial charge is 0.0659 e. The predicted octanol–water partition coefficient (Wildman–Crippen LogP) is 3.89. The van der Waals surface area contributed by atoms with Crippen LogP contribution in [0.15, 0.2) is 18.7 Å². The highest BCUT2D eigenvalue weighted by molar-refractivity contribution is 14.1. The van der Waals surface area contributed by atoms with Crippen molar-refractivity contribution >= 4 is 33.9 Å². The summed E-state index contributed by atoms with van der Waals surface area (Å²) in [4.78, 5) is 1.58. The molecule has 0 saturated heterocycles. The number of thiophene rings is 1. The third-order valence-corrected chi connectivity index (χ3v) is 4.87. The highest BCUT2D eigenvalue weighted by Gasteiger charge is 2.22. The number of fused-ring (bicyclic) bond motifs is 1. The zero-order valence-electron chi connectivity index (χ0n) is 8.92. The summed E-state index contributed by atoms with van der Waals surface area (Å²) in [6, 6.07) is 3.28. The molecule has 0 aliphatic heterocycles. The van der Waals surface area contributed by atoms with Gasteiger partial charge in [-0.2, -0.15) is 0 Å². The van der Waals surface area contributed by atoms with E-state index in [1.807, 2.05) is 17.4 Å². The van der Waals surface area contributed by atoms with E-state index in [1.54, 1.807) is 4.88 Å². The van der Waals surface area contributed by atoms with Gasteiger partial charge in [-0.25, -0.2) is 0 Å². The fourth-order valence-corrected chi connectivity index (χ4v) is 4.20. The third-order valence-electron chi connectivity index (χ3n) is 2.90. The van der Waals surface area contributed by atoms with Crippen molar-refractivity contribution in [1.82, 2.24) is 5.32 Å². The van der Waals surface area contributed by atoms with Crippen LogP contribution in [0.25, 0.3) is 0 Å². The van der Waals surface area contributed by atoms with Crippen molar-refractivity contribution < 1.29 is 0 Å². The lowest BCUT2D eigenvalue weighted by atomic mass is 9.93. The molecule has 0 saturated carbocycles. The second kappa shape index (κ2) is 4.97. The summed E-state index contributed by atoms with van der Waals surface area (Å²) >= 11 is 4.37. The Hall–Kier alpha value is 0.130. The van der Waals surface area contributed by atoms with E-state index >= 15 is 0 Å². The van der Waals surface area contributed by atoms with Crippen molar-refractivity contribution in [2.75, 3.05) is 0 Å². The molecule has 2 atom stereocenters. The summed E-state index contributed by atoms with van der Waals surface area (Å²) < 4.78 is 1.41. The van der Waals surface area contributed by atoms with E-state index in [0.29, 0.717) is 12.1 Å². The number of hydrogen-bond acceptors (Lipinski definition) is 2. The number of halogens is 1. The first-order valence-corrected chi connectivity index (χ1v) is 7.27. The van der Waals surface area contributed by atoms with Crippen molar-refractivity contribution in [1.29, 1.82) is 0 Å². The van der Waals surface area contributed by atoms with Gasteiger partial charge in [0.1, 0.15) is 0 Å².